The fourth-order valence-corrected chi connectivity index (χ4v) is 2.60. The minimum Gasteiger partial charge on any atom is -0.336 e. The zero-order valence-electron chi connectivity index (χ0n) is 14.5. The van der Waals surface area contributed by atoms with Gasteiger partial charge in [-0.05, 0) is 48.4 Å². The largest absolute Gasteiger partial charge is 0.336 e. The van der Waals surface area contributed by atoms with E-state index in [0.717, 1.165) is 15.8 Å². The van der Waals surface area contributed by atoms with Gasteiger partial charge in [0.2, 0.25) is 0 Å². The van der Waals surface area contributed by atoms with Crippen LogP contribution in [0.4, 0.5) is 4.39 Å². The van der Waals surface area contributed by atoms with Crippen molar-refractivity contribution in [1.82, 2.24) is 14.7 Å². The van der Waals surface area contributed by atoms with Crippen LogP contribution in [0.1, 0.15) is 21.6 Å². The Hall–Kier alpha value is -3.28. The van der Waals surface area contributed by atoms with Gasteiger partial charge in [-0.15, -0.1) is 0 Å². The van der Waals surface area contributed by atoms with E-state index in [-0.39, 0.29) is 11.6 Å². The van der Waals surface area contributed by atoms with Crippen molar-refractivity contribution in [3.05, 3.63) is 93.7 Å². The Morgan fingerprint density at radius 1 is 1.08 bits per heavy atom. The molecule has 1 amide bonds. The van der Waals surface area contributed by atoms with Gasteiger partial charge in [-0.2, -0.15) is 9.78 Å². The molecule has 0 saturated heterocycles. The molecule has 132 valence electrons. The van der Waals surface area contributed by atoms with Gasteiger partial charge in [0.1, 0.15) is 11.5 Å². The highest BCUT2D eigenvalue weighted by molar-refractivity contribution is 5.91. The monoisotopic (exact) mass is 351 g/mol. The molecule has 0 aliphatic carbocycles. The second kappa shape index (κ2) is 7.31. The van der Waals surface area contributed by atoms with Crippen molar-refractivity contribution in [2.45, 2.75) is 13.5 Å². The summed E-state index contributed by atoms with van der Waals surface area (Å²) in [5.41, 5.74) is 2.28. The predicted octanol–water partition coefficient (Wildman–Crippen LogP) is 2.95. The Labute approximate surface area is 150 Å². The molecule has 3 aromatic rings. The lowest BCUT2D eigenvalue weighted by Crippen LogP contribution is -2.30. The maximum Gasteiger partial charge on any atom is 0.274 e. The van der Waals surface area contributed by atoms with E-state index in [2.05, 4.69) is 5.10 Å². The molecular formula is C20H18FN3O2. The van der Waals surface area contributed by atoms with Gasteiger partial charge in [0.15, 0.2) is 0 Å². The maximum absolute atomic E-state index is 13.1. The third kappa shape index (κ3) is 3.69. The summed E-state index contributed by atoms with van der Waals surface area (Å²) in [6.45, 7) is 2.42. The van der Waals surface area contributed by atoms with Crippen LogP contribution in [0.15, 0.2) is 65.5 Å². The molecule has 0 saturated carbocycles. The fraction of sp³-hybridized carbons (Fsp3) is 0.150. The number of benzene rings is 2. The van der Waals surface area contributed by atoms with Crippen LogP contribution < -0.4 is 5.56 Å². The molecule has 0 atom stereocenters. The number of carbonyl (C=O) groups excluding carboxylic acids is 1. The van der Waals surface area contributed by atoms with Crippen molar-refractivity contribution >= 4 is 5.91 Å². The minimum atomic E-state index is -0.410. The Morgan fingerprint density at radius 2 is 1.77 bits per heavy atom. The number of aromatic nitrogens is 2. The third-order valence-electron chi connectivity index (χ3n) is 4.11. The number of halogens is 1. The van der Waals surface area contributed by atoms with Gasteiger partial charge < -0.3 is 4.90 Å². The summed E-state index contributed by atoms with van der Waals surface area (Å²) in [6.07, 6.45) is 0. The van der Waals surface area contributed by atoms with E-state index in [1.165, 1.54) is 36.4 Å². The number of amides is 1. The summed E-state index contributed by atoms with van der Waals surface area (Å²) in [4.78, 5) is 26.3. The molecule has 0 spiro atoms. The lowest BCUT2D eigenvalue weighted by molar-refractivity contribution is 0.0777. The lowest BCUT2D eigenvalue weighted by atomic mass is 10.1. The average molecular weight is 351 g/mol. The Balaban J connectivity index is 1.88. The number of aryl methyl sites for hydroxylation is 1. The molecule has 0 fully saturated rings. The van der Waals surface area contributed by atoms with Gasteiger partial charge in [0.05, 0.1) is 5.69 Å². The smallest absolute Gasteiger partial charge is 0.274 e. The molecule has 5 nitrogen and oxygen atoms in total. The summed E-state index contributed by atoms with van der Waals surface area (Å²) in [7, 11) is 1.68. The number of rotatable bonds is 4. The van der Waals surface area contributed by atoms with Crippen molar-refractivity contribution < 1.29 is 9.18 Å². The third-order valence-corrected chi connectivity index (χ3v) is 4.11. The molecule has 2 aromatic carbocycles. The number of hydrogen-bond donors (Lipinski definition) is 0. The van der Waals surface area contributed by atoms with Crippen LogP contribution in [0, 0.1) is 12.7 Å². The Kier molecular flexibility index (Phi) is 4.93. The molecule has 0 aliphatic heterocycles. The van der Waals surface area contributed by atoms with E-state index in [9.17, 15) is 14.0 Å². The normalized spacial score (nSPS) is 10.6. The zero-order chi connectivity index (χ0) is 18.7. The quantitative estimate of drug-likeness (QED) is 0.726. The second-order valence-corrected chi connectivity index (χ2v) is 6.03. The second-order valence-electron chi connectivity index (χ2n) is 6.03. The molecule has 1 aromatic heterocycles. The molecule has 26 heavy (non-hydrogen) atoms. The SMILES string of the molecule is Cc1ccccc1CN(C)C(=O)c1ccc(=O)n(-c2ccc(F)cc2)n1. The first kappa shape index (κ1) is 17.5. The van der Waals surface area contributed by atoms with Gasteiger partial charge in [-0.1, -0.05) is 24.3 Å². The highest BCUT2D eigenvalue weighted by atomic mass is 19.1. The molecule has 0 aliphatic rings. The topological polar surface area (TPSA) is 55.2 Å². The van der Waals surface area contributed by atoms with E-state index in [4.69, 9.17) is 0 Å². The summed E-state index contributed by atoms with van der Waals surface area (Å²) in [5, 5.41) is 4.15. The van der Waals surface area contributed by atoms with Gasteiger partial charge in [0.25, 0.3) is 11.5 Å². The highest BCUT2D eigenvalue weighted by Crippen LogP contribution is 2.12. The average Bonchev–Trinajstić information content (AvgIpc) is 2.64. The molecule has 0 unspecified atom stereocenters. The standard InChI is InChI=1S/C20H18FN3O2/c1-14-5-3-4-6-15(14)13-23(2)20(26)18-11-12-19(25)24(22-18)17-9-7-16(21)8-10-17/h3-12H,13H2,1-2H3. The number of hydrogen-bond acceptors (Lipinski definition) is 3. The number of nitrogens with zero attached hydrogens (tertiary/aromatic N) is 3. The van der Waals surface area contributed by atoms with E-state index in [0.29, 0.717) is 12.2 Å². The molecule has 0 N–H and O–H groups in total. The van der Waals surface area contributed by atoms with Crippen LogP contribution in [0.3, 0.4) is 0 Å². The van der Waals surface area contributed by atoms with Crippen LogP contribution in [0.2, 0.25) is 0 Å². The van der Waals surface area contributed by atoms with Gasteiger partial charge in [-0.25, -0.2) is 4.39 Å². The number of carbonyl (C=O) groups is 1. The Morgan fingerprint density at radius 3 is 2.46 bits per heavy atom. The van der Waals surface area contributed by atoms with Crippen LogP contribution in [-0.2, 0) is 6.54 Å². The predicted molar refractivity (Wildman–Crippen MR) is 96.8 cm³/mol. The molecule has 0 radical (unpaired) electrons. The highest BCUT2D eigenvalue weighted by Gasteiger charge is 2.16. The van der Waals surface area contributed by atoms with E-state index in [1.807, 2.05) is 31.2 Å². The molecular weight excluding hydrogens is 333 g/mol. The fourth-order valence-electron chi connectivity index (χ4n) is 2.60. The van der Waals surface area contributed by atoms with Crippen LogP contribution in [-0.4, -0.2) is 27.6 Å². The zero-order valence-corrected chi connectivity index (χ0v) is 14.5. The van der Waals surface area contributed by atoms with E-state index >= 15 is 0 Å². The molecule has 0 bridgehead atoms. The first-order chi connectivity index (χ1) is 12.5. The van der Waals surface area contributed by atoms with Gasteiger partial charge in [-0.3, -0.25) is 9.59 Å². The first-order valence-electron chi connectivity index (χ1n) is 8.12. The van der Waals surface area contributed by atoms with E-state index < -0.39 is 11.4 Å². The Bertz CT molecular complexity index is 996. The summed E-state index contributed by atoms with van der Waals surface area (Å²) >= 11 is 0. The van der Waals surface area contributed by atoms with Crippen molar-refractivity contribution in [2.75, 3.05) is 7.05 Å². The van der Waals surface area contributed by atoms with Crippen molar-refractivity contribution in [3.63, 3.8) is 0 Å². The summed E-state index contributed by atoms with van der Waals surface area (Å²) < 4.78 is 14.2. The first-order valence-corrected chi connectivity index (χ1v) is 8.12. The van der Waals surface area contributed by atoms with Crippen molar-refractivity contribution in [2.24, 2.45) is 0 Å². The maximum atomic E-state index is 13.1. The van der Waals surface area contributed by atoms with Crippen molar-refractivity contribution in [3.8, 4) is 5.69 Å². The lowest BCUT2D eigenvalue weighted by Gasteiger charge is -2.18. The van der Waals surface area contributed by atoms with E-state index in [1.54, 1.807) is 11.9 Å². The minimum absolute atomic E-state index is 0.144. The van der Waals surface area contributed by atoms with Crippen LogP contribution in [0.25, 0.3) is 5.69 Å². The molecule has 6 heteroatoms. The van der Waals surface area contributed by atoms with Gasteiger partial charge in [0, 0.05) is 19.7 Å². The summed E-state index contributed by atoms with van der Waals surface area (Å²) in [5.74, 6) is -0.712. The van der Waals surface area contributed by atoms with Gasteiger partial charge >= 0.3 is 0 Å². The summed E-state index contributed by atoms with van der Waals surface area (Å²) in [6, 6.07) is 15.9. The molecule has 3 rings (SSSR count). The molecule has 1 heterocycles. The van der Waals surface area contributed by atoms with Crippen LogP contribution in [0.5, 0.6) is 0 Å². The van der Waals surface area contributed by atoms with Crippen molar-refractivity contribution in [1.29, 1.82) is 0 Å². The van der Waals surface area contributed by atoms with Crippen LogP contribution >= 0.6 is 0 Å².